The molecule has 108 valence electrons. The zero-order valence-electron chi connectivity index (χ0n) is 11.6. The zero-order chi connectivity index (χ0) is 14.5. The first kappa shape index (κ1) is 15.8. The molecule has 0 aliphatic heterocycles. The summed E-state index contributed by atoms with van der Waals surface area (Å²) in [6.07, 6.45) is 0.981. The van der Waals surface area contributed by atoms with Crippen LogP contribution in [0.5, 0.6) is 5.75 Å². The van der Waals surface area contributed by atoms with Gasteiger partial charge in [-0.15, -0.1) is 0 Å². The Bertz CT molecular complexity index is 502. The van der Waals surface area contributed by atoms with Crippen LogP contribution in [0.2, 0.25) is 0 Å². The number of ether oxygens (including phenoxy) is 1. The van der Waals surface area contributed by atoms with Crippen molar-refractivity contribution in [2.75, 3.05) is 11.3 Å². The second-order valence-corrected chi connectivity index (χ2v) is 6.66. The number of anilines is 1. The summed E-state index contributed by atoms with van der Waals surface area (Å²) in [6, 6.07) is 6.91. The quantitative estimate of drug-likeness (QED) is 0.802. The number of benzene rings is 1. The number of rotatable bonds is 7. The molecular weight excluding hydrogens is 264 g/mol. The van der Waals surface area contributed by atoms with Crippen molar-refractivity contribution in [1.82, 2.24) is 0 Å². The van der Waals surface area contributed by atoms with Gasteiger partial charge in [-0.3, -0.25) is 4.72 Å². The van der Waals surface area contributed by atoms with Crippen molar-refractivity contribution in [1.29, 1.82) is 0 Å². The van der Waals surface area contributed by atoms with Gasteiger partial charge in [0.25, 0.3) is 0 Å². The zero-order valence-corrected chi connectivity index (χ0v) is 12.4. The molecule has 0 aliphatic rings. The van der Waals surface area contributed by atoms with Gasteiger partial charge in [-0.25, -0.2) is 8.42 Å². The largest absolute Gasteiger partial charge is 0.491 e. The van der Waals surface area contributed by atoms with Crippen molar-refractivity contribution in [2.45, 2.75) is 38.5 Å². The number of nitrogens with two attached hydrogens (primary N) is 1. The van der Waals surface area contributed by atoms with E-state index in [-0.39, 0.29) is 12.6 Å². The minimum atomic E-state index is -3.44. The van der Waals surface area contributed by atoms with Crippen molar-refractivity contribution in [3.63, 3.8) is 0 Å². The third-order valence-electron chi connectivity index (χ3n) is 2.87. The molecule has 5 nitrogen and oxygen atoms in total. The minimum Gasteiger partial charge on any atom is -0.491 e. The van der Waals surface area contributed by atoms with Gasteiger partial charge in [-0.2, -0.15) is 0 Å². The molecule has 0 saturated carbocycles. The van der Waals surface area contributed by atoms with Crippen LogP contribution in [0.3, 0.4) is 0 Å². The summed E-state index contributed by atoms with van der Waals surface area (Å²) in [6.45, 7) is 5.65. The van der Waals surface area contributed by atoms with Gasteiger partial charge >= 0.3 is 0 Å². The van der Waals surface area contributed by atoms with E-state index < -0.39 is 15.3 Å². The number of nitrogens with one attached hydrogen (secondary N) is 1. The molecule has 0 bridgehead atoms. The molecule has 0 aliphatic carbocycles. The monoisotopic (exact) mass is 286 g/mol. The van der Waals surface area contributed by atoms with Crippen LogP contribution in [0.4, 0.5) is 5.69 Å². The predicted molar refractivity (Wildman–Crippen MR) is 77.9 cm³/mol. The average molecular weight is 286 g/mol. The highest BCUT2D eigenvalue weighted by atomic mass is 32.2. The lowest BCUT2D eigenvalue weighted by atomic mass is 10.3. The molecule has 19 heavy (non-hydrogen) atoms. The smallest absolute Gasteiger partial charge is 0.236 e. The number of hydrogen-bond acceptors (Lipinski definition) is 4. The summed E-state index contributed by atoms with van der Waals surface area (Å²) in [5.74, 6) is 0.648. The Labute approximate surface area is 115 Å². The van der Waals surface area contributed by atoms with Crippen molar-refractivity contribution in [3.8, 4) is 5.75 Å². The lowest BCUT2D eigenvalue weighted by molar-refractivity contribution is 0.217. The Kier molecular flexibility index (Phi) is 5.62. The molecule has 0 radical (unpaired) electrons. The topological polar surface area (TPSA) is 81.4 Å². The normalized spacial score (nSPS) is 14.7. The summed E-state index contributed by atoms with van der Waals surface area (Å²) in [5.41, 5.74) is 5.87. The van der Waals surface area contributed by atoms with Gasteiger partial charge in [0, 0.05) is 12.6 Å². The maximum absolute atomic E-state index is 11.9. The Hall–Kier alpha value is -1.27. The molecule has 0 aromatic heterocycles. The Balaban J connectivity index is 2.83. The standard InChI is InChI=1S/C13H22N2O3S/c1-4-10(2)18-13-7-5-6-12(8-13)15-19(16,17)11(3)9-14/h5-8,10-11,15H,4,9,14H2,1-3H3. The van der Waals surface area contributed by atoms with E-state index in [0.29, 0.717) is 11.4 Å². The molecular formula is C13H22N2O3S. The average Bonchev–Trinajstić information content (AvgIpc) is 2.37. The lowest BCUT2D eigenvalue weighted by Crippen LogP contribution is -2.31. The van der Waals surface area contributed by atoms with Gasteiger partial charge in [0.2, 0.25) is 10.0 Å². The molecule has 2 atom stereocenters. The molecule has 0 amide bonds. The third kappa shape index (κ3) is 4.72. The van der Waals surface area contributed by atoms with Crippen LogP contribution < -0.4 is 15.2 Å². The van der Waals surface area contributed by atoms with Crippen LogP contribution >= 0.6 is 0 Å². The highest BCUT2D eigenvalue weighted by Gasteiger charge is 2.19. The highest BCUT2D eigenvalue weighted by Crippen LogP contribution is 2.20. The van der Waals surface area contributed by atoms with E-state index in [2.05, 4.69) is 4.72 Å². The molecule has 0 spiro atoms. The number of sulfonamides is 1. The first-order valence-corrected chi connectivity index (χ1v) is 7.92. The van der Waals surface area contributed by atoms with Crippen LogP contribution in [0, 0.1) is 0 Å². The van der Waals surface area contributed by atoms with Gasteiger partial charge in [-0.05, 0) is 32.4 Å². The summed E-state index contributed by atoms with van der Waals surface area (Å²) >= 11 is 0. The summed E-state index contributed by atoms with van der Waals surface area (Å²) in [5, 5.41) is -0.633. The summed E-state index contributed by atoms with van der Waals surface area (Å²) in [4.78, 5) is 0. The van der Waals surface area contributed by atoms with Crippen molar-refractivity contribution in [3.05, 3.63) is 24.3 Å². The Morgan fingerprint density at radius 2 is 2.05 bits per heavy atom. The molecule has 1 aromatic carbocycles. The molecule has 0 heterocycles. The number of hydrogen-bond donors (Lipinski definition) is 2. The molecule has 0 saturated heterocycles. The van der Waals surface area contributed by atoms with Crippen molar-refractivity contribution in [2.24, 2.45) is 5.73 Å². The van der Waals surface area contributed by atoms with Gasteiger partial charge in [0.1, 0.15) is 5.75 Å². The Morgan fingerprint density at radius 3 is 2.63 bits per heavy atom. The van der Waals surface area contributed by atoms with E-state index in [1.807, 2.05) is 13.8 Å². The van der Waals surface area contributed by atoms with Gasteiger partial charge in [0.15, 0.2) is 0 Å². The van der Waals surface area contributed by atoms with Crippen LogP contribution in [-0.2, 0) is 10.0 Å². The van der Waals surface area contributed by atoms with Crippen LogP contribution in [0.1, 0.15) is 27.2 Å². The van der Waals surface area contributed by atoms with Crippen LogP contribution in [0.25, 0.3) is 0 Å². The molecule has 1 aromatic rings. The van der Waals surface area contributed by atoms with Crippen molar-refractivity contribution < 1.29 is 13.2 Å². The van der Waals surface area contributed by atoms with E-state index in [4.69, 9.17) is 10.5 Å². The summed E-state index contributed by atoms with van der Waals surface area (Å²) < 4.78 is 31.9. The SMILES string of the molecule is CCC(C)Oc1cccc(NS(=O)(=O)C(C)CN)c1. The van der Waals surface area contributed by atoms with Gasteiger partial charge in [0.05, 0.1) is 17.0 Å². The van der Waals surface area contributed by atoms with Gasteiger partial charge in [-0.1, -0.05) is 13.0 Å². The predicted octanol–water partition coefficient (Wildman–Crippen LogP) is 1.95. The van der Waals surface area contributed by atoms with E-state index in [1.54, 1.807) is 31.2 Å². The maximum Gasteiger partial charge on any atom is 0.236 e. The third-order valence-corrected chi connectivity index (χ3v) is 4.64. The second kappa shape index (κ2) is 6.77. The molecule has 3 N–H and O–H groups in total. The fourth-order valence-corrected chi connectivity index (χ4v) is 2.25. The molecule has 0 fully saturated rings. The molecule has 2 unspecified atom stereocenters. The summed E-state index contributed by atoms with van der Waals surface area (Å²) in [7, 11) is -3.44. The first-order valence-electron chi connectivity index (χ1n) is 6.37. The van der Waals surface area contributed by atoms with E-state index >= 15 is 0 Å². The Morgan fingerprint density at radius 1 is 1.37 bits per heavy atom. The maximum atomic E-state index is 11.9. The fraction of sp³-hybridized carbons (Fsp3) is 0.538. The van der Waals surface area contributed by atoms with Gasteiger partial charge < -0.3 is 10.5 Å². The van der Waals surface area contributed by atoms with E-state index in [1.165, 1.54) is 0 Å². The molecule has 1 rings (SSSR count). The van der Waals surface area contributed by atoms with Crippen LogP contribution in [0.15, 0.2) is 24.3 Å². The van der Waals surface area contributed by atoms with Crippen molar-refractivity contribution >= 4 is 15.7 Å². The first-order chi connectivity index (χ1) is 8.89. The minimum absolute atomic E-state index is 0.0817. The van der Waals surface area contributed by atoms with E-state index in [9.17, 15) is 8.42 Å². The molecule has 6 heteroatoms. The van der Waals surface area contributed by atoms with Crippen LogP contribution in [-0.4, -0.2) is 26.3 Å². The fourth-order valence-electron chi connectivity index (χ4n) is 1.34. The highest BCUT2D eigenvalue weighted by molar-refractivity contribution is 7.93. The second-order valence-electron chi connectivity index (χ2n) is 4.56. The lowest BCUT2D eigenvalue weighted by Gasteiger charge is -2.15. The van der Waals surface area contributed by atoms with E-state index in [0.717, 1.165) is 6.42 Å².